The molecule has 2 N–H and O–H groups in total. The molecule has 6 heteroatoms. The summed E-state index contributed by atoms with van der Waals surface area (Å²) in [6.07, 6.45) is 3.21. The van der Waals surface area contributed by atoms with Crippen LogP contribution in [0.15, 0.2) is 73.1 Å². The first-order valence-electron chi connectivity index (χ1n) is 8.24. The van der Waals surface area contributed by atoms with Crippen LogP contribution in [0, 0.1) is 11.3 Å². The van der Waals surface area contributed by atoms with Crippen LogP contribution in [-0.4, -0.2) is 16.8 Å². The molecule has 2 aromatic carbocycles. The van der Waals surface area contributed by atoms with Crippen LogP contribution < -0.4 is 10.6 Å². The second-order valence-electron chi connectivity index (χ2n) is 5.76. The Balaban J connectivity index is 1.56. The zero-order valence-electron chi connectivity index (χ0n) is 14.3. The maximum atomic E-state index is 12.2. The fourth-order valence-corrected chi connectivity index (χ4v) is 2.39. The van der Waals surface area contributed by atoms with Crippen molar-refractivity contribution >= 4 is 17.5 Å². The summed E-state index contributed by atoms with van der Waals surface area (Å²) in [7, 11) is 0. The van der Waals surface area contributed by atoms with Gasteiger partial charge in [0.25, 0.3) is 11.8 Å². The number of aromatic nitrogens is 1. The van der Waals surface area contributed by atoms with Crippen LogP contribution in [0.25, 0.3) is 0 Å². The van der Waals surface area contributed by atoms with Crippen molar-refractivity contribution in [2.75, 3.05) is 5.32 Å². The Labute approximate surface area is 156 Å². The smallest absolute Gasteiger partial charge is 0.255 e. The predicted octanol–water partition coefficient (Wildman–Crippen LogP) is 3.14. The highest BCUT2D eigenvalue weighted by Gasteiger charge is 2.08. The minimum Gasteiger partial charge on any atom is -0.348 e. The highest BCUT2D eigenvalue weighted by atomic mass is 16.2. The van der Waals surface area contributed by atoms with Gasteiger partial charge in [-0.25, -0.2) is 0 Å². The molecule has 1 aromatic heterocycles. The fraction of sp³-hybridized carbons (Fsp3) is 0.0476. The van der Waals surface area contributed by atoms with Crippen LogP contribution >= 0.6 is 0 Å². The average molecular weight is 356 g/mol. The van der Waals surface area contributed by atoms with Crippen molar-refractivity contribution in [1.29, 1.82) is 5.26 Å². The molecular weight excluding hydrogens is 340 g/mol. The Morgan fingerprint density at radius 3 is 2.07 bits per heavy atom. The third-order valence-corrected chi connectivity index (χ3v) is 3.88. The standard InChI is InChI=1S/C21H16N4O2/c22-13-15-1-5-17(6-2-15)20(26)24-14-16-3-7-18(8-4-16)21(27)25-19-9-11-23-12-10-19/h1-12H,14H2,(H,24,26)(H,23,25,27). The first-order chi connectivity index (χ1) is 13.2. The van der Waals surface area contributed by atoms with Crippen LogP contribution in [0.3, 0.4) is 0 Å². The van der Waals surface area contributed by atoms with Crippen LogP contribution in [0.1, 0.15) is 31.8 Å². The molecule has 0 radical (unpaired) electrons. The maximum absolute atomic E-state index is 12.2. The van der Waals surface area contributed by atoms with Crippen molar-refractivity contribution in [3.8, 4) is 6.07 Å². The highest BCUT2D eigenvalue weighted by molar-refractivity contribution is 6.04. The molecule has 0 saturated heterocycles. The minimum atomic E-state index is -0.223. The van der Waals surface area contributed by atoms with Gasteiger partial charge in [0.1, 0.15) is 0 Å². The summed E-state index contributed by atoms with van der Waals surface area (Å²) in [6.45, 7) is 0.338. The van der Waals surface area contributed by atoms with E-state index in [-0.39, 0.29) is 11.8 Å². The van der Waals surface area contributed by atoms with Gasteiger partial charge in [-0.2, -0.15) is 5.26 Å². The zero-order chi connectivity index (χ0) is 19.1. The molecule has 3 rings (SSSR count). The van der Waals surface area contributed by atoms with Gasteiger partial charge in [0.05, 0.1) is 11.6 Å². The van der Waals surface area contributed by atoms with Crippen molar-refractivity contribution in [1.82, 2.24) is 10.3 Å². The monoisotopic (exact) mass is 356 g/mol. The Hall–Kier alpha value is -3.98. The molecule has 2 amide bonds. The topological polar surface area (TPSA) is 94.9 Å². The number of pyridine rings is 1. The molecule has 1 heterocycles. The van der Waals surface area contributed by atoms with Gasteiger partial charge in [-0.05, 0) is 54.1 Å². The van der Waals surface area contributed by atoms with Gasteiger partial charge < -0.3 is 10.6 Å². The molecule has 132 valence electrons. The summed E-state index contributed by atoms with van der Waals surface area (Å²) in [5.41, 5.74) is 3.06. The van der Waals surface area contributed by atoms with E-state index in [9.17, 15) is 9.59 Å². The predicted molar refractivity (Wildman–Crippen MR) is 101 cm³/mol. The maximum Gasteiger partial charge on any atom is 0.255 e. The number of rotatable bonds is 5. The largest absolute Gasteiger partial charge is 0.348 e. The number of benzene rings is 2. The molecule has 27 heavy (non-hydrogen) atoms. The highest BCUT2D eigenvalue weighted by Crippen LogP contribution is 2.10. The van der Waals surface area contributed by atoms with Gasteiger partial charge in [0.15, 0.2) is 0 Å². The fourth-order valence-electron chi connectivity index (χ4n) is 2.39. The Morgan fingerprint density at radius 1 is 0.852 bits per heavy atom. The molecule has 6 nitrogen and oxygen atoms in total. The minimum absolute atomic E-state index is 0.214. The van der Waals surface area contributed by atoms with Gasteiger partial charge in [0, 0.05) is 35.8 Å². The lowest BCUT2D eigenvalue weighted by molar-refractivity contribution is 0.0949. The third-order valence-electron chi connectivity index (χ3n) is 3.88. The molecule has 0 fully saturated rings. The van der Waals surface area contributed by atoms with Gasteiger partial charge in [0.2, 0.25) is 0 Å². The van der Waals surface area contributed by atoms with E-state index >= 15 is 0 Å². The lowest BCUT2D eigenvalue weighted by Gasteiger charge is -2.08. The van der Waals surface area contributed by atoms with Gasteiger partial charge in [-0.3, -0.25) is 14.6 Å². The molecule has 0 saturated carbocycles. The van der Waals surface area contributed by atoms with E-state index < -0.39 is 0 Å². The SMILES string of the molecule is N#Cc1ccc(C(=O)NCc2ccc(C(=O)Nc3ccncc3)cc2)cc1. The van der Waals surface area contributed by atoms with E-state index in [1.807, 2.05) is 6.07 Å². The molecule has 0 bridgehead atoms. The number of nitrogens with zero attached hydrogens (tertiary/aromatic N) is 2. The molecule has 0 unspecified atom stereocenters. The van der Waals surface area contributed by atoms with E-state index in [1.54, 1.807) is 73.1 Å². The second kappa shape index (κ2) is 8.41. The summed E-state index contributed by atoms with van der Waals surface area (Å²) in [5.74, 6) is -0.437. The number of hydrogen-bond donors (Lipinski definition) is 2. The number of anilines is 1. The zero-order valence-corrected chi connectivity index (χ0v) is 14.3. The van der Waals surface area contributed by atoms with E-state index in [1.165, 1.54) is 0 Å². The molecule has 3 aromatic rings. The number of nitriles is 1. The summed E-state index contributed by atoms with van der Waals surface area (Å²) >= 11 is 0. The third kappa shape index (κ3) is 4.77. The Kier molecular flexibility index (Phi) is 5.55. The van der Waals surface area contributed by atoms with Crippen LogP contribution in [0.5, 0.6) is 0 Å². The number of carbonyl (C=O) groups excluding carboxylic acids is 2. The molecule has 0 spiro atoms. The summed E-state index contributed by atoms with van der Waals surface area (Å²) < 4.78 is 0. The van der Waals surface area contributed by atoms with Gasteiger partial charge in [-0.15, -0.1) is 0 Å². The molecular formula is C21H16N4O2. The normalized spacial score (nSPS) is 9.89. The molecule has 0 aliphatic heterocycles. The average Bonchev–Trinajstić information content (AvgIpc) is 2.73. The first kappa shape index (κ1) is 17.8. The first-order valence-corrected chi connectivity index (χ1v) is 8.24. The summed E-state index contributed by atoms with van der Waals surface area (Å²) in [5, 5.41) is 14.4. The number of amides is 2. The van der Waals surface area contributed by atoms with Gasteiger partial charge in [-0.1, -0.05) is 12.1 Å². The van der Waals surface area contributed by atoms with Crippen molar-refractivity contribution in [2.24, 2.45) is 0 Å². The van der Waals surface area contributed by atoms with E-state index in [2.05, 4.69) is 15.6 Å². The van der Waals surface area contributed by atoms with Gasteiger partial charge >= 0.3 is 0 Å². The second-order valence-corrected chi connectivity index (χ2v) is 5.76. The molecule has 0 aliphatic rings. The van der Waals surface area contributed by atoms with E-state index in [4.69, 9.17) is 5.26 Å². The molecule has 0 aliphatic carbocycles. The van der Waals surface area contributed by atoms with E-state index in [0.29, 0.717) is 28.9 Å². The van der Waals surface area contributed by atoms with Crippen LogP contribution in [-0.2, 0) is 6.54 Å². The summed E-state index contributed by atoms with van der Waals surface area (Å²) in [6, 6.07) is 18.9. The quantitative estimate of drug-likeness (QED) is 0.734. The molecule has 0 atom stereocenters. The number of hydrogen-bond acceptors (Lipinski definition) is 4. The Bertz CT molecular complexity index is 975. The summed E-state index contributed by atoms with van der Waals surface area (Å²) in [4.78, 5) is 28.2. The van der Waals surface area contributed by atoms with Crippen molar-refractivity contribution < 1.29 is 9.59 Å². The van der Waals surface area contributed by atoms with Crippen LogP contribution in [0.2, 0.25) is 0 Å². The van der Waals surface area contributed by atoms with Crippen molar-refractivity contribution in [3.05, 3.63) is 95.3 Å². The lowest BCUT2D eigenvalue weighted by atomic mass is 10.1. The lowest BCUT2D eigenvalue weighted by Crippen LogP contribution is -2.22. The van der Waals surface area contributed by atoms with Crippen molar-refractivity contribution in [3.63, 3.8) is 0 Å². The van der Waals surface area contributed by atoms with Crippen molar-refractivity contribution in [2.45, 2.75) is 6.54 Å². The number of carbonyl (C=O) groups is 2. The van der Waals surface area contributed by atoms with E-state index in [0.717, 1.165) is 5.56 Å². The Morgan fingerprint density at radius 2 is 1.44 bits per heavy atom. The van der Waals surface area contributed by atoms with Crippen LogP contribution in [0.4, 0.5) is 5.69 Å². The number of nitrogens with one attached hydrogen (secondary N) is 2.